The number of methoxy groups -OCH3 is 1. The largest absolute Gasteiger partial charge is 0.497 e. The van der Waals surface area contributed by atoms with Crippen LogP contribution in [-0.4, -0.2) is 54.1 Å². The van der Waals surface area contributed by atoms with Gasteiger partial charge in [-0.3, -0.25) is 9.48 Å². The second-order valence-electron chi connectivity index (χ2n) is 10.0. The number of carbonyl (C=O) groups is 1. The normalized spacial score (nSPS) is 15.6. The van der Waals surface area contributed by atoms with Crippen molar-refractivity contribution in [2.75, 3.05) is 33.5 Å². The van der Waals surface area contributed by atoms with Crippen LogP contribution in [0.25, 0.3) is 0 Å². The van der Waals surface area contributed by atoms with E-state index < -0.39 is 0 Å². The summed E-state index contributed by atoms with van der Waals surface area (Å²) in [7, 11) is 1.66. The second kappa shape index (κ2) is 14.1. The molecule has 1 atom stereocenters. The summed E-state index contributed by atoms with van der Waals surface area (Å²) in [4.78, 5) is 16.0. The van der Waals surface area contributed by atoms with Gasteiger partial charge in [0.15, 0.2) is 0 Å². The number of benzene rings is 2. The van der Waals surface area contributed by atoms with E-state index in [1.807, 2.05) is 52.0 Å². The summed E-state index contributed by atoms with van der Waals surface area (Å²) in [6.45, 7) is 8.66. The van der Waals surface area contributed by atoms with Gasteiger partial charge in [-0.2, -0.15) is 5.10 Å². The monoisotopic (exact) mass is 519 g/mol. The third-order valence-electron chi connectivity index (χ3n) is 6.94. The van der Waals surface area contributed by atoms with Crippen LogP contribution in [0, 0.1) is 5.92 Å². The van der Waals surface area contributed by atoms with Crippen LogP contribution < -0.4 is 4.74 Å². The molecule has 0 unspecified atom stereocenters. The SMILES string of the molecule is CCn1nc(C[C@@H](C)COCc2ccccc2)c2c1C(=O)N(Cc1ccc(OC)cc1)CCCOCCC2. The number of nitrogens with zero attached hydrogens (tertiary/aromatic N) is 3. The Morgan fingerprint density at radius 1 is 1.03 bits per heavy atom. The van der Waals surface area contributed by atoms with Crippen molar-refractivity contribution in [1.82, 2.24) is 14.7 Å². The van der Waals surface area contributed by atoms with Crippen LogP contribution in [0.5, 0.6) is 5.75 Å². The molecule has 1 aliphatic rings. The maximum atomic E-state index is 14.1. The molecule has 0 bridgehead atoms. The minimum Gasteiger partial charge on any atom is -0.497 e. The molecule has 0 saturated heterocycles. The Bertz CT molecular complexity index is 1140. The first-order chi connectivity index (χ1) is 18.6. The quantitative estimate of drug-likeness (QED) is 0.364. The average molecular weight is 520 g/mol. The van der Waals surface area contributed by atoms with Gasteiger partial charge in [0.05, 0.1) is 19.4 Å². The highest BCUT2D eigenvalue weighted by molar-refractivity contribution is 5.94. The lowest BCUT2D eigenvalue weighted by Gasteiger charge is -2.24. The zero-order valence-corrected chi connectivity index (χ0v) is 23.0. The van der Waals surface area contributed by atoms with Crippen LogP contribution in [-0.2, 0) is 42.0 Å². The molecular formula is C31H41N3O4. The summed E-state index contributed by atoms with van der Waals surface area (Å²) in [5.74, 6) is 1.14. The van der Waals surface area contributed by atoms with Crippen LogP contribution in [0.15, 0.2) is 54.6 Å². The first-order valence-electron chi connectivity index (χ1n) is 13.8. The molecule has 0 saturated carbocycles. The van der Waals surface area contributed by atoms with Crippen LogP contribution in [0.1, 0.15) is 59.6 Å². The van der Waals surface area contributed by atoms with Crippen molar-refractivity contribution in [3.05, 3.63) is 82.7 Å². The third-order valence-corrected chi connectivity index (χ3v) is 6.94. The summed E-state index contributed by atoms with van der Waals surface area (Å²) in [6.07, 6.45) is 3.24. The first kappa shape index (κ1) is 27.9. The van der Waals surface area contributed by atoms with Crippen LogP contribution in [0.4, 0.5) is 0 Å². The molecule has 2 aromatic carbocycles. The van der Waals surface area contributed by atoms with Gasteiger partial charge < -0.3 is 19.1 Å². The van der Waals surface area contributed by atoms with E-state index in [0.29, 0.717) is 46.1 Å². The molecule has 204 valence electrons. The lowest BCUT2D eigenvalue weighted by atomic mass is 9.99. The fourth-order valence-electron chi connectivity index (χ4n) is 4.95. The van der Waals surface area contributed by atoms with E-state index in [1.165, 1.54) is 5.56 Å². The van der Waals surface area contributed by atoms with Gasteiger partial charge in [-0.05, 0) is 61.8 Å². The summed E-state index contributed by atoms with van der Waals surface area (Å²) in [5.41, 5.74) is 5.05. The standard InChI is InChI=1S/C31H41N3O4/c1-4-34-30-28(29(32-34)20-24(2)22-38-23-26-10-6-5-7-11-26)12-8-18-37-19-9-17-33(31(30)35)21-25-13-15-27(36-3)16-14-25/h5-7,10-11,13-16,24H,4,8-9,12,17-23H2,1-3H3/t24-/m1/s1. The summed E-state index contributed by atoms with van der Waals surface area (Å²) < 4.78 is 19.1. The van der Waals surface area contributed by atoms with E-state index in [-0.39, 0.29) is 11.8 Å². The Labute approximate surface area is 226 Å². The van der Waals surface area contributed by atoms with E-state index in [9.17, 15) is 4.79 Å². The number of rotatable bonds is 10. The fourth-order valence-corrected chi connectivity index (χ4v) is 4.95. The smallest absolute Gasteiger partial charge is 0.272 e. The molecule has 0 spiro atoms. The number of hydrogen-bond donors (Lipinski definition) is 0. The molecule has 0 radical (unpaired) electrons. The fraction of sp³-hybridized carbons (Fsp3) is 0.484. The third kappa shape index (κ3) is 7.45. The van der Waals surface area contributed by atoms with Gasteiger partial charge >= 0.3 is 0 Å². The molecular weight excluding hydrogens is 478 g/mol. The number of carbonyl (C=O) groups excluding carboxylic acids is 1. The maximum Gasteiger partial charge on any atom is 0.272 e. The molecule has 0 fully saturated rings. The van der Waals surface area contributed by atoms with Gasteiger partial charge in [0, 0.05) is 45.0 Å². The molecule has 1 amide bonds. The highest BCUT2D eigenvalue weighted by atomic mass is 16.5. The van der Waals surface area contributed by atoms with Gasteiger partial charge in [-0.25, -0.2) is 0 Å². The number of aromatic nitrogens is 2. The molecule has 7 nitrogen and oxygen atoms in total. The molecule has 3 aromatic rings. The van der Waals surface area contributed by atoms with E-state index in [4.69, 9.17) is 19.3 Å². The topological polar surface area (TPSA) is 65.8 Å². The highest BCUT2D eigenvalue weighted by Crippen LogP contribution is 2.24. The minimum atomic E-state index is 0.0475. The molecule has 2 heterocycles. The Morgan fingerprint density at radius 2 is 1.79 bits per heavy atom. The van der Waals surface area contributed by atoms with Crippen molar-refractivity contribution < 1.29 is 19.0 Å². The Kier molecular flexibility index (Phi) is 10.4. The number of amides is 1. The molecule has 0 N–H and O–H groups in total. The van der Waals surface area contributed by atoms with Gasteiger partial charge in [0.2, 0.25) is 0 Å². The van der Waals surface area contributed by atoms with Crippen molar-refractivity contribution in [2.45, 2.75) is 59.2 Å². The van der Waals surface area contributed by atoms with Gasteiger partial charge in [-0.15, -0.1) is 0 Å². The molecule has 7 heteroatoms. The highest BCUT2D eigenvalue weighted by Gasteiger charge is 2.28. The lowest BCUT2D eigenvalue weighted by Crippen LogP contribution is -2.34. The summed E-state index contributed by atoms with van der Waals surface area (Å²) in [5, 5.41) is 4.96. The van der Waals surface area contributed by atoms with Crippen molar-refractivity contribution in [2.24, 2.45) is 5.92 Å². The van der Waals surface area contributed by atoms with Crippen LogP contribution >= 0.6 is 0 Å². The minimum absolute atomic E-state index is 0.0475. The van der Waals surface area contributed by atoms with E-state index >= 15 is 0 Å². The van der Waals surface area contributed by atoms with Crippen LogP contribution in [0.2, 0.25) is 0 Å². The van der Waals surface area contributed by atoms with Crippen molar-refractivity contribution in [3.8, 4) is 5.75 Å². The lowest BCUT2D eigenvalue weighted by molar-refractivity contribution is 0.0698. The van der Waals surface area contributed by atoms with E-state index in [1.54, 1.807) is 7.11 Å². The van der Waals surface area contributed by atoms with E-state index in [2.05, 4.69) is 26.0 Å². The van der Waals surface area contributed by atoms with E-state index in [0.717, 1.165) is 53.9 Å². The molecule has 38 heavy (non-hydrogen) atoms. The van der Waals surface area contributed by atoms with Gasteiger partial charge in [0.25, 0.3) is 5.91 Å². The van der Waals surface area contributed by atoms with Crippen LogP contribution in [0.3, 0.4) is 0 Å². The summed E-state index contributed by atoms with van der Waals surface area (Å²) in [6, 6.07) is 18.2. The number of aryl methyl sites for hydroxylation is 1. The number of fused-ring (bicyclic) bond motifs is 1. The number of hydrogen-bond acceptors (Lipinski definition) is 5. The Hall–Kier alpha value is -3.16. The van der Waals surface area contributed by atoms with Crippen molar-refractivity contribution >= 4 is 5.91 Å². The Morgan fingerprint density at radius 3 is 2.53 bits per heavy atom. The molecule has 1 aromatic heterocycles. The molecule has 4 rings (SSSR count). The second-order valence-corrected chi connectivity index (χ2v) is 10.0. The first-order valence-corrected chi connectivity index (χ1v) is 13.8. The Balaban J connectivity index is 1.53. The van der Waals surface area contributed by atoms with Crippen molar-refractivity contribution in [1.29, 1.82) is 0 Å². The summed E-state index contributed by atoms with van der Waals surface area (Å²) >= 11 is 0. The zero-order chi connectivity index (χ0) is 26.7. The van der Waals surface area contributed by atoms with Gasteiger partial charge in [-0.1, -0.05) is 49.4 Å². The molecule has 1 aliphatic heterocycles. The van der Waals surface area contributed by atoms with Crippen molar-refractivity contribution in [3.63, 3.8) is 0 Å². The maximum absolute atomic E-state index is 14.1. The molecule has 0 aliphatic carbocycles. The zero-order valence-electron chi connectivity index (χ0n) is 23.0. The number of ether oxygens (including phenoxy) is 3. The average Bonchev–Trinajstić information content (AvgIpc) is 3.27. The predicted octanol–water partition coefficient (Wildman–Crippen LogP) is 5.30. The van der Waals surface area contributed by atoms with Gasteiger partial charge in [0.1, 0.15) is 11.4 Å². The predicted molar refractivity (Wildman–Crippen MR) is 148 cm³/mol.